The number of nitrogens with zero attached hydrogens (tertiary/aromatic N) is 6. The van der Waals surface area contributed by atoms with Gasteiger partial charge in [0, 0.05) is 31.2 Å². The summed E-state index contributed by atoms with van der Waals surface area (Å²) in [6, 6.07) is 9.46. The van der Waals surface area contributed by atoms with Gasteiger partial charge in [-0.1, -0.05) is 18.2 Å². The van der Waals surface area contributed by atoms with Crippen molar-refractivity contribution < 1.29 is 9.59 Å². The first-order valence-corrected chi connectivity index (χ1v) is 10.7. The molecule has 31 heavy (non-hydrogen) atoms. The smallest absolute Gasteiger partial charge is 0.294 e. The van der Waals surface area contributed by atoms with Crippen molar-refractivity contribution in [2.45, 2.75) is 38.8 Å². The molecule has 3 heterocycles. The number of aryl methyl sites for hydroxylation is 1. The molecule has 1 atom stereocenters. The van der Waals surface area contributed by atoms with Crippen molar-refractivity contribution in [1.82, 2.24) is 24.4 Å². The van der Waals surface area contributed by atoms with Gasteiger partial charge >= 0.3 is 0 Å². The number of carbonyl (C=O) groups excluding carboxylic acids is 2. The first-order chi connectivity index (χ1) is 15.1. The molecule has 5 rings (SSSR count). The molecule has 1 aromatic carbocycles. The van der Waals surface area contributed by atoms with Gasteiger partial charge in [0.05, 0.1) is 12.2 Å². The number of amides is 2. The zero-order valence-electron chi connectivity index (χ0n) is 17.4. The third kappa shape index (κ3) is 3.49. The predicted molar refractivity (Wildman–Crippen MR) is 116 cm³/mol. The molecular weight excluding hydrogens is 394 g/mol. The molecule has 2 fully saturated rings. The van der Waals surface area contributed by atoms with Gasteiger partial charge in [-0.05, 0) is 38.3 Å². The number of likely N-dealkylation sites (tertiary alicyclic amines) is 1. The van der Waals surface area contributed by atoms with Gasteiger partial charge in [-0.3, -0.25) is 9.59 Å². The highest BCUT2D eigenvalue weighted by Gasteiger charge is 2.40. The Balaban J connectivity index is 1.52. The van der Waals surface area contributed by atoms with Crippen molar-refractivity contribution in [3.8, 4) is 0 Å². The monoisotopic (exact) mass is 419 g/mol. The molecule has 2 N–H and O–H groups in total. The van der Waals surface area contributed by atoms with Crippen LogP contribution in [0.25, 0.3) is 11.2 Å². The Hall–Kier alpha value is -3.49. The number of hydrogen-bond donors (Lipinski definition) is 1. The molecule has 0 spiro atoms. The largest absolute Gasteiger partial charge is 0.368 e. The number of para-hydroxylation sites is 1. The summed E-state index contributed by atoms with van der Waals surface area (Å²) in [5.41, 5.74) is 7.63. The maximum absolute atomic E-state index is 13.8. The summed E-state index contributed by atoms with van der Waals surface area (Å²) in [6.45, 7) is 3.67. The highest BCUT2D eigenvalue weighted by atomic mass is 16.2. The third-order valence-electron chi connectivity index (χ3n) is 6.03. The predicted octanol–water partition coefficient (Wildman–Crippen LogP) is 2.09. The highest BCUT2D eigenvalue weighted by molar-refractivity contribution is 6.06. The molecular formula is C22H25N7O2. The summed E-state index contributed by atoms with van der Waals surface area (Å²) in [5, 5.41) is 0. The number of fused-ring (bicyclic) bond motifs is 1. The van der Waals surface area contributed by atoms with Gasteiger partial charge in [0.25, 0.3) is 5.91 Å². The minimum atomic E-state index is -0.213. The number of benzene rings is 1. The fourth-order valence-electron chi connectivity index (χ4n) is 4.33. The molecule has 1 aliphatic heterocycles. The van der Waals surface area contributed by atoms with Crippen LogP contribution in [0, 0.1) is 5.92 Å². The molecule has 2 aromatic heterocycles. The number of nitrogens with two attached hydrogens (primary N) is 1. The molecule has 160 valence electrons. The molecule has 1 saturated carbocycles. The van der Waals surface area contributed by atoms with E-state index >= 15 is 0 Å². The van der Waals surface area contributed by atoms with Crippen LogP contribution in [0.15, 0.2) is 36.5 Å². The summed E-state index contributed by atoms with van der Waals surface area (Å²) in [7, 11) is 0. The van der Waals surface area contributed by atoms with E-state index in [9.17, 15) is 9.59 Å². The van der Waals surface area contributed by atoms with Crippen molar-refractivity contribution in [1.29, 1.82) is 0 Å². The Morgan fingerprint density at radius 2 is 1.94 bits per heavy atom. The van der Waals surface area contributed by atoms with E-state index in [0.29, 0.717) is 36.6 Å². The van der Waals surface area contributed by atoms with E-state index in [-0.39, 0.29) is 29.7 Å². The van der Waals surface area contributed by atoms with Crippen LogP contribution < -0.4 is 10.6 Å². The number of nitrogen functional groups attached to an aromatic ring is 1. The van der Waals surface area contributed by atoms with Crippen LogP contribution in [0.2, 0.25) is 0 Å². The van der Waals surface area contributed by atoms with Gasteiger partial charge in [-0.2, -0.15) is 4.98 Å². The van der Waals surface area contributed by atoms with Gasteiger partial charge in [-0.25, -0.2) is 9.97 Å². The van der Waals surface area contributed by atoms with E-state index in [1.54, 1.807) is 15.7 Å². The molecule has 2 aliphatic rings. The Bertz CT molecular complexity index is 1140. The van der Waals surface area contributed by atoms with Crippen LogP contribution in [0.3, 0.4) is 0 Å². The van der Waals surface area contributed by atoms with Gasteiger partial charge in [0.2, 0.25) is 17.7 Å². The summed E-state index contributed by atoms with van der Waals surface area (Å²) in [5.74, 6) is 0.622. The van der Waals surface area contributed by atoms with Crippen LogP contribution in [0.1, 0.15) is 36.8 Å². The normalized spacial score (nSPS) is 18.5. The number of aromatic nitrogens is 4. The minimum absolute atomic E-state index is 0.112. The minimum Gasteiger partial charge on any atom is -0.368 e. The zero-order chi connectivity index (χ0) is 21.5. The summed E-state index contributed by atoms with van der Waals surface area (Å²) in [4.78, 5) is 43.0. The first kappa shape index (κ1) is 19.5. The first-order valence-electron chi connectivity index (χ1n) is 10.7. The Labute approximate surface area is 179 Å². The van der Waals surface area contributed by atoms with E-state index in [4.69, 9.17) is 5.73 Å². The van der Waals surface area contributed by atoms with Crippen molar-refractivity contribution in [3.05, 3.63) is 42.4 Å². The molecule has 2 amide bonds. The molecule has 0 bridgehead atoms. The van der Waals surface area contributed by atoms with Gasteiger partial charge < -0.3 is 20.1 Å². The fourth-order valence-corrected chi connectivity index (χ4v) is 4.33. The lowest BCUT2D eigenvalue weighted by atomic mass is 10.1. The molecule has 3 aromatic rings. The van der Waals surface area contributed by atoms with Gasteiger partial charge in [-0.15, -0.1) is 0 Å². The van der Waals surface area contributed by atoms with Gasteiger partial charge in [0.15, 0.2) is 5.65 Å². The second-order valence-electron chi connectivity index (χ2n) is 8.13. The Morgan fingerprint density at radius 1 is 1.16 bits per heavy atom. The number of carbonyl (C=O) groups is 2. The molecule has 9 heteroatoms. The van der Waals surface area contributed by atoms with Crippen molar-refractivity contribution in [2.75, 3.05) is 23.7 Å². The molecule has 1 aliphatic carbocycles. The lowest BCUT2D eigenvalue weighted by Crippen LogP contribution is -2.44. The van der Waals surface area contributed by atoms with E-state index in [2.05, 4.69) is 15.0 Å². The molecule has 9 nitrogen and oxygen atoms in total. The van der Waals surface area contributed by atoms with E-state index in [0.717, 1.165) is 24.9 Å². The number of hydrogen-bond acceptors (Lipinski definition) is 6. The average molecular weight is 419 g/mol. The van der Waals surface area contributed by atoms with E-state index < -0.39 is 0 Å². The molecule has 1 unspecified atom stereocenters. The van der Waals surface area contributed by atoms with Crippen LogP contribution in [0.4, 0.5) is 11.6 Å². The second-order valence-corrected chi connectivity index (χ2v) is 8.13. The van der Waals surface area contributed by atoms with Crippen LogP contribution in [-0.4, -0.2) is 55.4 Å². The standard InChI is InChI=1S/C22H25N7O2/c1-2-28-18-17(12-24-22(23)26-18)25-19(28)21(31)29(15-6-4-3-5-7-15)16-10-11-27(13-16)20(30)14-8-9-14/h3-7,12,14,16H,2,8-11,13H2,1H3,(H2,23,24,26). The van der Waals surface area contributed by atoms with Crippen LogP contribution >= 0.6 is 0 Å². The summed E-state index contributed by atoms with van der Waals surface area (Å²) < 4.78 is 1.77. The fraction of sp³-hybridized carbons (Fsp3) is 0.409. The van der Waals surface area contributed by atoms with Crippen molar-refractivity contribution in [3.63, 3.8) is 0 Å². The number of anilines is 2. The van der Waals surface area contributed by atoms with Crippen LogP contribution in [-0.2, 0) is 11.3 Å². The topological polar surface area (TPSA) is 110 Å². The number of rotatable bonds is 5. The quantitative estimate of drug-likeness (QED) is 0.678. The Kier molecular flexibility index (Phi) is 4.80. The van der Waals surface area contributed by atoms with E-state index in [1.807, 2.05) is 42.2 Å². The van der Waals surface area contributed by atoms with Gasteiger partial charge in [0.1, 0.15) is 5.52 Å². The number of imidazole rings is 1. The Morgan fingerprint density at radius 3 is 2.65 bits per heavy atom. The lowest BCUT2D eigenvalue weighted by molar-refractivity contribution is -0.131. The van der Waals surface area contributed by atoms with Crippen molar-refractivity contribution >= 4 is 34.6 Å². The lowest BCUT2D eigenvalue weighted by Gasteiger charge is -2.29. The average Bonchev–Trinajstić information content (AvgIpc) is 3.41. The summed E-state index contributed by atoms with van der Waals surface area (Å²) >= 11 is 0. The molecule has 0 radical (unpaired) electrons. The third-order valence-corrected chi connectivity index (χ3v) is 6.03. The SMILES string of the molecule is CCn1c(C(=O)N(c2ccccc2)C2CCN(C(=O)C3CC3)C2)nc2cnc(N)nc21. The second kappa shape index (κ2) is 7.64. The molecule has 1 saturated heterocycles. The van der Waals surface area contributed by atoms with Crippen molar-refractivity contribution in [2.24, 2.45) is 5.92 Å². The summed E-state index contributed by atoms with van der Waals surface area (Å²) in [6.07, 6.45) is 4.23. The zero-order valence-corrected chi connectivity index (χ0v) is 17.4. The van der Waals surface area contributed by atoms with Crippen LogP contribution in [0.5, 0.6) is 0 Å². The van der Waals surface area contributed by atoms with E-state index in [1.165, 1.54) is 0 Å². The maximum atomic E-state index is 13.8. The highest BCUT2D eigenvalue weighted by Crippen LogP contribution is 2.33. The maximum Gasteiger partial charge on any atom is 0.294 e.